The first-order chi connectivity index (χ1) is 13.0. The molecule has 0 unspecified atom stereocenters. The van der Waals surface area contributed by atoms with E-state index in [9.17, 15) is 9.59 Å². The molecule has 0 aliphatic heterocycles. The van der Waals surface area contributed by atoms with Gasteiger partial charge < -0.3 is 19.6 Å². The quantitative estimate of drug-likeness (QED) is 0.771. The van der Waals surface area contributed by atoms with Crippen molar-refractivity contribution in [3.8, 4) is 5.75 Å². The number of benzene rings is 1. The van der Waals surface area contributed by atoms with E-state index in [4.69, 9.17) is 14.3 Å². The van der Waals surface area contributed by atoms with Gasteiger partial charge in [0.1, 0.15) is 17.9 Å². The van der Waals surface area contributed by atoms with Crippen LogP contribution >= 0.6 is 0 Å². The van der Waals surface area contributed by atoms with Crippen LogP contribution in [-0.4, -0.2) is 23.1 Å². The summed E-state index contributed by atoms with van der Waals surface area (Å²) in [5.74, 6) is -0.341. The van der Waals surface area contributed by atoms with Crippen LogP contribution in [0.5, 0.6) is 5.75 Å². The van der Waals surface area contributed by atoms with Gasteiger partial charge in [0.25, 0.3) is 5.91 Å². The summed E-state index contributed by atoms with van der Waals surface area (Å²) in [5, 5.41) is 11.8. The number of amides is 1. The summed E-state index contributed by atoms with van der Waals surface area (Å²) in [6, 6.07) is 7.71. The Hall–Kier alpha value is -2.76. The molecule has 1 aliphatic carbocycles. The van der Waals surface area contributed by atoms with E-state index < -0.39 is 5.97 Å². The van der Waals surface area contributed by atoms with Gasteiger partial charge in [-0.2, -0.15) is 0 Å². The van der Waals surface area contributed by atoms with Crippen molar-refractivity contribution in [2.75, 3.05) is 0 Å². The van der Waals surface area contributed by atoms with E-state index >= 15 is 0 Å². The van der Waals surface area contributed by atoms with Crippen LogP contribution in [0, 0.1) is 6.92 Å². The number of aryl methyl sites for hydroxylation is 1. The molecular formula is C21H25NO5. The molecular weight excluding hydrogens is 346 g/mol. The molecule has 1 saturated carbocycles. The van der Waals surface area contributed by atoms with E-state index in [1.807, 2.05) is 24.3 Å². The number of aliphatic carboxylic acids is 1. The molecule has 3 rings (SSSR count). The fourth-order valence-corrected chi connectivity index (χ4v) is 3.40. The number of hydrogen-bond donors (Lipinski definition) is 2. The molecule has 1 aromatic heterocycles. The van der Waals surface area contributed by atoms with Gasteiger partial charge in [-0.15, -0.1) is 0 Å². The highest BCUT2D eigenvalue weighted by molar-refractivity contribution is 5.97. The van der Waals surface area contributed by atoms with Gasteiger partial charge in [-0.05, 0) is 50.3 Å². The van der Waals surface area contributed by atoms with Gasteiger partial charge in [0.2, 0.25) is 0 Å². The number of nitrogens with one attached hydrogen (secondary N) is 1. The van der Waals surface area contributed by atoms with Crippen molar-refractivity contribution in [2.24, 2.45) is 0 Å². The molecule has 2 N–H and O–H groups in total. The Morgan fingerprint density at radius 1 is 1.19 bits per heavy atom. The van der Waals surface area contributed by atoms with Gasteiger partial charge in [-0.25, -0.2) is 0 Å². The molecule has 144 valence electrons. The lowest BCUT2D eigenvalue weighted by Gasteiger charge is -2.23. The summed E-state index contributed by atoms with van der Waals surface area (Å²) < 4.78 is 11.2. The van der Waals surface area contributed by atoms with E-state index in [1.54, 1.807) is 6.92 Å². The topological polar surface area (TPSA) is 88.8 Å². The zero-order valence-electron chi connectivity index (χ0n) is 15.5. The average Bonchev–Trinajstić information content (AvgIpc) is 3.01. The lowest BCUT2D eigenvalue weighted by atomic mass is 9.98. The second-order valence-corrected chi connectivity index (χ2v) is 6.99. The van der Waals surface area contributed by atoms with Crippen molar-refractivity contribution in [1.29, 1.82) is 0 Å². The van der Waals surface area contributed by atoms with E-state index in [2.05, 4.69) is 5.32 Å². The number of carbonyl (C=O) groups is 2. The minimum absolute atomic E-state index is 0.175. The van der Waals surface area contributed by atoms with E-state index in [-0.39, 0.29) is 18.1 Å². The maximum absolute atomic E-state index is 12.4. The Kier molecular flexibility index (Phi) is 6.16. The molecule has 0 spiro atoms. The summed E-state index contributed by atoms with van der Waals surface area (Å²) in [6.07, 6.45) is 7.37. The third-order valence-corrected chi connectivity index (χ3v) is 4.82. The van der Waals surface area contributed by atoms with Crippen molar-refractivity contribution < 1.29 is 23.8 Å². The SMILES string of the molecule is Cc1coc(CC(=O)O)c1C(=O)NCc1ccc(OC2CCCCC2)cc1. The third-order valence-electron chi connectivity index (χ3n) is 4.82. The van der Waals surface area contributed by atoms with Crippen LogP contribution in [0.15, 0.2) is 34.9 Å². The number of carboxylic acids is 1. The van der Waals surface area contributed by atoms with Crippen LogP contribution in [0.25, 0.3) is 0 Å². The standard InChI is InChI=1S/C21H25NO5/c1-14-13-26-18(11-19(23)24)20(14)21(25)22-12-15-7-9-17(10-8-15)27-16-5-3-2-4-6-16/h7-10,13,16H,2-6,11-12H2,1H3,(H,22,25)(H,23,24). The zero-order chi connectivity index (χ0) is 19.2. The summed E-state index contributed by atoms with van der Waals surface area (Å²) in [7, 11) is 0. The number of carboxylic acid groups (broad SMARTS) is 1. The number of hydrogen-bond acceptors (Lipinski definition) is 4. The lowest BCUT2D eigenvalue weighted by Crippen LogP contribution is -2.24. The highest BCUT2D eigenvalue weighted by atomic mass is 16.5. The van der Waals surface area contributed by atoms with Gasteiger partial charge in [0, 0.05) is 12.1 Å². The fourth-order valence-electron chi connectivity index (χ4n) is 3.40. The van der Waals surface area contributed by atoms with Gasteiger partial charge >= 0.3 is 5.97 Å². The van der Waals surface area contributed by atoms with E-state index in [0.29, 0.717) is 23.8 Å². The average molecular weight is 371 g/mol. The predicted molar refractivity (Wildman–Crippen MR) is 99.9 cm³/mol. The minimum atomic E-state index is -1.04. The molecule has 6 heteroatoms. The molecule has 1 aromatic carbocycles. The molecule has 1 aliphatic rings. The number of rotatable bonds is 7. The molecule has 6 nitrogen and oxygen atoms in total. The van der Waals surface area contributed by atoms with Crippen molar-refractivity contribution >= 4 is 11.9 Å². The van der Waals surface area contributed by atoms with Crippen LogP contribution in [0.3, 0.4) is 0 Å². The van der Waals surface area contributed by atoms with Crippen LogP contribution in [0.4, 0.5) is 0 Å². The van der Waals surface area contributed by atoms with Crippen LogP contribution in [0.1, 0.15) is 59.3 Å². The van der Waals surface area contributed by atoms with E-state index in [1.165, 1.54) is 25.5 Å². The molecule has 0 bridgehead atoms. The number of furan rings is 1. The first-order valence-corrected chi connectivity index (χ1v) is 9.35. The first-order valence-electron chi connectivity index (χ1n) is 9.35. The Balaban J connectivity index is 1.56. The smallest absolute Gasteiger partial charge is 0.311 e. The Labute approximate surface area is 158 Å². The maximum atomic E-state index is 12.4. The first kappa shape index (κ1) is 19.0. The maximum Gasteiger partial charge on any atom is 0.311 e. The van der Waals surface area contributed by atoms with E-state index in [0.717, 1.165) is 24.2 Å². The summed E-state index contributed by atoms with van der Waals surface area (Å²) in [4.78, 5) is 23.3. The summed E-state index contributed by atoms with van der Waals surface area (Å²) in [6.45, 7) is 2.07. The van der Waals surface area contributed by atoms with Crippen LogP contribution in [0.2, 0.25) is 0 Å². The molecule has 2 aromatic rings. The normalized spacial score (nSPS) is 14.7. The van der Waals surface area contributed by atoms with Crippen molar-refractivity contribution in [2.45, 2.75) is 58.1 Å². The Bertz CT molecular complexity index is 787. The molecule has 0 saturated heterocycles. The van der Waals surface area contributed by atoms with Gasteiger partial charge in [-0.1, -0.05) is 18.6 Å². The largest absolute Gasteiger partial charge is 0.490 e. The predicted octanol–water partition coefficient (Wildman–Crippen LogP) is 3.86. The molecule has 0 radical (unpaired) electrons. The summed E-state index contributed by atoms with van der Waals surface area (Å²) in [5.41, 5.74) is 1.87. The van der Waals surface area contributed by atoms with Crippen LogP contribution in [-0.2, 0) is 17.8 Å². The molecule has 1 heterocycles. The van der Waals surface area contributed by atoms with Gasteiger partial charge in [0.15, 0.2) is 0 Å². The molecule has 27 heavy (non-hydrogen) atoms. The molecule has 1 fully saturated rings. The number of ether oxygens (including phenoxy) is 1. The zero-order valence-corrected chi connectivity index (χ0v) is 15.5. The lowest BCUT2D eigenvalue weighted by molar-refractivity contribution is -0.136. The van der Waals surface area contributed by atoms with Crippen molar-refractivity contribution in [3.05, 3.63) is 53.0 Å². The van der Waals surface area contributed by atoms with Gasteiger partial charge in [-0.3, -0.25) is 9.59 Å². The Morgan fingerprint density at radius 2 is 1.89 bits per heavy atom. The Morgan fingerprint density at radius 3 is 2.56 bits per heavy atom. The van der Waals surface area contributed by atoms with Crippen LogP contribution < -0.4 is 10.1 Å². The molecule has 0 atom stereocenters. The second kappa shape index (κ2) is 8.75. The third kappa shape index (κ3) is 5.12. The number of carbonyl (C=O) groups excluding carboxylic acids is 1. The van der Waals surface area contributed by atoms with Crippen molar-refractivity contribution in [3.63, 3.8) is 0 Å². The van der Waals surface area contributed by atoms with Gasteiger partial charge in [0.05, 0.1) is 17.9 Å². The highest BCUT2D eigenvalue weighted by Crippen LogP contribution is 2.23. The fraction of sp³-hybridized carbons (Fsp3) is 0.429. The minimum Gasteiger partial charge on any atom is -0.490 e. The monoisotopic (exact) mass is 371 g/mol. The summed E-state index contributed by atoms with van der Waals surface area (Å²) >= 11 is 0. The van der Waals surface area contributed by atoms with Crippen molar-refractivity contribution in [1.82, 2.24) is 5.32 Å². The molecule has 1 amide bonds. The highest BCUT2D eigenvalue weighted by Gasteiger charge is 2.20. The second-order valence-electron chi connectivity index (χ2n) is 6.99.